The van der Waals surface area contributed by atoms with Crippen LogP contribution in [0.5, 0.6) is 0 Å². The summed E-state index contributed by atoms with van der Waals surface area (Å²) >= 11 is 3.38. The summed E-state index contributed by atoms with van der Waals surface area (Å²) in [4.78, 5) is 78.3. The molecule has 1 saturated carbocycles. The number of nitrogens with zero attached hydrogens (tertiary/aromatic N) is 12. The second kappa shape index (κ2) is 32.5. The number of aromatic nitrogens is 6. The van der Waals surface area contributed by atoms with Crippen LogP contribution in [0.1, 0.15) is 188 Å². The number of amides is 3. The van der Waals surface area contributed by atoms with Gasteiger partial charge in [0.1, 0.15) is 70.7 Å². The van der Waals surface area contributed by atoms with Crippen molar-refractivity contribution >= 4 is 63.1 Å². The van der Waals surface area contributed by atoms with Gasteiger partial charge in [-0.1, -0.05) is 63.1 Å². The van der Waals surface area contributed by atoms with Crippen molar-refractivity contribution in [2.24, 2.45) is 26.0 Å². The first kappa shape index (κ1) is 78.5. The Labute approximate surface area is 563 Å². The highest BCUT2D eigenvalue weighted by Crippen LogP contribution is 2.40. The zero-order valence-corrected chi connectivity index (χ0v) is 55.8. The zero-order valence-electron chi connectivity index (χ0n) is 54.2. The SMILES string of the molecule is C.C.C.CC(C)(C)OC(=O)NC1=N[C@](C)(c2cc(Br)ccc2F)Cc2ncncc21.CC(C)(C)OC(=O)NC1=N[C@](C)(c2cc(N)ccc2F)Cc2ncncc21.CC(C)(C)OC(=O)NC1=N[C@](C)(c2cc(N=[N+]=[N-])ccc2F)Cc2ncncc21.CN[C@@H]1CCCC[C@H]1C. The number of aliphatic imine (C=N–C) groups is 3. The van der Waals surface area contributed by atoms with E-state index in [4.69, 9.17) is 25.5 Å². The van der Waals surface area contributed by atoms with Crippen LogP contribution in [0.4, 0.5) is 38.9 Å². The number of benzene rings is 3. The van der Waals surface area contributed by atoms with Gasteiger partial charge in [-0.05, 0) is 169 Å². The van der Waals surface area contributed by atoms with Gasteiger partial charge >= 0.3 is 18.3 Å². The molecule has 6 aromatic rings. The van der Waals surface area contributed by atoms with E-state index in [-0.39, 0.29) is 63.3 Å². The second-order valence-electron chi connectivity index (χ2n) is 26.1. The lowest BCUT2D eigenvalue weighted by molar-refractivity contribution is 0.0550. The van der Waals surface area contributed by atoms with Crippen molar-refractivity contribution in [1.82, 2.24) is 51.2 Å². The Hall–Kier alpha value is -8.94. The molecule has 1 aliphatic carbocycles. The maximum atomic E-state index is 14.7. The van der Waals surface area contributed by atoms with Gasteiger partial charge in [-0.15, -0.1) is 0 Å². The van der Waals surface area contributed by atoms with Crippen LogP contribution in [0, 0.1) is 23.4 Å². The van der Waals surface area contributed by atoms with Crippen LogP contribution >= 0.6 is 15.9 Å². The molecule has 0 unspecified atom stereocenters. The largest absolute Gasteiger partial charge is 0.444 e. The second-order valence-corrected chi connectivity index (χ2v) is 27.1. The number of alkyl carbamates (subject to hydrolysis) is 3. The number of carbonyl (C=O) groups excluding carboxylic acids is 3. The highest BCUT2D eigenvalue weighted by atomic mass is 79.9. The molecule has 1 fully saturated rings. The number of nitrogen functional groups attached to an aromatic ring is 1. The number of fused-ring (bicyclic) bond motifs is 3. The Bertz CT molecular complexity index is 3700. The third kappa shape index (κ3) is 21.3. The number of amidine groups is 3. The lowest BCUT2D eigenvalue weighted by Gasteiger charge is -2.32. The summed E-state index contributed by atoms with van der Waals surface area (Å²) in [5.41, 5.74) is 14.7. The number of azide groups is 1. The van der Waals surface area contributed by atoms with Gasteiger partial charge in [0.15, 0.2) is 0 Å². The number of anilines is 1. The molecule has 3 aromatic heterocycles. The monoisotopic (exact) mass is 1380 g/mol. The quantitative estimate of drug-likeness (QED) is 0.0352. The number of hydrogen-bond acceptors (Lipinski definition) is 18. The van der Waals surface area contributed by atoms with Crippen LogP contribution in [-0.4, -0.2) is 95.6 Å². The Morgan fingerprint density at radius 2 is 0.947 bits per heavy atom. The van der Waals surface area contributed by atoms with Gasteiger partial charge in [-0.25, -0.2) is 57.5 Å². The molecule has 5 atom stereocenters. The minimum atomic E-state index is -1.10. The molecule has 10 rings (SSSR count). The van der Waals surface area contributed by atoms with Crippen LogP contribution in [0.25, 0.3) is 10.4 Å². The molecular weight excluding hydrogens is 1290 g/mol. The highest BCUT2D eigenvalue weighted by molar-refractivity contribution is 9.10. The van der Waals surface area contributed by atoms with E-state index in [0.29, 0.717) is 63.4 Å². The summed E-state index contributed by atoms with van der Waals surface area (Å²) in [5.74, 6) is 0.259. The van der Waals surface area contributed by atoms with E-state index < -0.39 is 63.3 Å². The van der Waals surface area contributed by atoms with Gasteiger partial charge in [0.05, 0.1) is 50.4 Å². The van der Waals surface area contributed by atoms with E-state index in [1.165, 1.54) is 87.3 Å². The first-order chi connectivity index (χ1) is 43.1. The predicted octanol–water partition coefficient (Wildman–Crippen LogP) is 15.1. The van der Waals surface area contributed by atoms with E-state index in [1.54, 1.807) is 114 Å². The van der Waals surface area contributed by atoms with Crippen LogP contribution in [0.2, 0.25) is 0 Å². The maximum absolute atomic E-state index is 14.7. The molecule has 6 N–H and O–H groups in total. The van der Waals surface area contributed by atoms with E-state index in [0.717, 1.165) is 16.4 Å². The normalized spacial score (nSPS) is 19.9. The summed E-state index contributed by atoms with van der Waals surface area (Å²) in [7, 11) is 2.08. The molecule has 3 aliphatic heterocycles. The lowest BCUT2D eigenvalue weighted by atomic mass is 9.84. The number of nitrogens with two attached hydrogens (primary N) is 1. The Kier molecular flexibility index (Phi) is 26.8. The van der Waals surface area contributed by atoms with Crippen molar-refractivity contribution in [3.8, 4) is 0 Å². The molecule has 0 bridgehead atoms. The maximum Gasteiger partial charge on any atom is 0.413 e. The summed E-state index contributed by atoms with van der Waals surface area (Å²) < 4.78 is 60.4. The topological polar surface area (TPSA) is 316 Å². The van der Waals surface area contributed by atoms with E-state index in [9.17, 15) is 27.6 Å². The Morgan fingerprint density at radius 1 is 0.589 bits per heavy atom. The molecule has 6 heterocycles. The standard InChI is InChI=1S/C19H20BrFN4O2.C19H20FN7O2.C19H22FN5O2.C8H17N.3CH4/c1-18(2,3)27-17(26)24-16-12-9-22-10-23-15(12)8-19(4,25-16)13-7-11(20)5-6-14(13)21;1-18(2,3)29-17(28)24-16-12-9-22-10-23-15(12)8-19(4,25-16)13-7-11(26-27-21)5-6-14(13)20;1-18(2,3)27-17(26)24-16-12-9-22-10-23-15(12)8-19(4,25-16)13-7-11(21)5-6-14(13)20;1-7-5-3-4-6-8(7)9-2;;;/h5-7,9-10H,8H2,1-4H3,(H,24,25,26);5-7,9-10H,8H2,1-4H3,(H,24,25,28);5-7,9-10H,8,21H2,1-4H3,(H,24,25,26);7-9H,3-6H2,1-2H3;3*1H4/t3*19-;7-,8-;;;/m0001.../s1. The van der Waals surface area contributed by atoms with Gasteiger partial charge in [0, 0.05) is 81.3 Å². The van der Waals surface area contributed by atoms with Crippen LogP contribution < -0.4 is 27.0 Å². The minimum absolute atomic E-state index is 0. The summed E-state index contributed by atoms with van der Waals surface area (Å²) in [6.45, 7) is 23.5. The zero-order chi connectivity index (χ0) is 67.6. The number of halogens is 4. The first-order valence-electron chi connectivity index (χ1n) is 29.8. The van der Waals surface area contributed by atoms with Crippen LogP contribution in [0.3, 0.4) is 0 Å². The first-order valence-corrected chi connectivity index (χ1v) is 30.6. The molecule has 0 saturated heterocycles. The predicted molar refractivity (Wildman–Crippen MR) is 368 cm³/mol. The van der Waals surface area contributed by atoms with E-state index in [1.807, 2.05) is 0 Å². The highest BCUT2D eigenvalue weighted by Gasteiger charge is 2.40. The molecule has 27 heteroatoms. The molecule has 3 aromatic carbocycles. The number of rotatable bonds is 5. The molecule has 512 valence electrons. The molecule has 3 amide bonds. The third-order valence-corrected chi connectivity index (χ3v) is 15.4. The molecule has 0 radical (unpaired) electrons. The average Bonchev–Trinajstić information content (AvgIpc) is 0.776. The molecule has 95 heavy (non-hydrogen) atoms. The fraction of sp³-hybridized carbons (Fsp3) is 0.471. The van der Waals surface area contributed by atoms with Gasteiger partial charge in [0.2, 0.25) is 0 Å². The van der Waals surface area contributed by atoms with E-state index in [2.05, 4.69) is 106 Å². The minimum Gasteiger partial charge on any atom is -0.444 e. The van der Waals surface area contributed by atoms with Crippen LogP contribution in [0.15, 0.2) is 117 Å². The fourth-order valence-electron chi connectivity index (χ4n) is 10.7. The molecule has 0 spiro atoms. The third-order valence-electron chi connectivity index (χ3n) is 14.9. The van der Waals surface area contributed by atoms with Crippen molar-refractivity contribution in [3.63, 3.8) is 0 Å². The molecular formula is C68H91BrF3N17O6. The lowest BCUT2D eigenvalue weighted by Crippen LogP contribution is -2.42. The van der Waals surface area contributed by atoms with Crippen LogP contribution in [-0.2, 0) is 50.1 Å². The number of hydrogen-bond donors (Lipinski definition) is 5. The summed E-state index contributed by atoms with van der Waals surface area (Å²) in [6.07, 6.45) is 13.5. The van der Waals surface area contributed by atoms with E-state index >= 15 is 0 Å². The van der Waals surface area contributed by atoms with Crippen molar-refractivity contribution in [1.29, 1.82) is 0 Å². The van der Waals surface area contributed by atoms with Crippen molar-refractivity contribution in [3.05, 3.63) is 175 Å². The van der Waals surface area contributed by atoms with Crippen molar-refractivity contribution in [2.75, 3.05) is 12.8 Å². The van der Waals surface area contributed by atoms with Gasteiger partial charge in [-0.2, -0.15) is 0 Å². The van der Waals surface area contributed by atoms with Crippen molar-refractivity contribution < 1.29 is 41.8 Å². The van der Waals surface area contributed by atoms with Gasteiger partial charge in [0.25, 0.3) is 0 Å². The number of carbonyl (C=O) groups is 3. The Morgan fingerprint density at radius 3 is 1.31 bits per heavy atom. The summed E-state index contributed by atoms with van der Waals surface area (Å²) in [5, 5.41) is 14.8. The summed E-state index contributed by atoms with van der Waals surface area (Å²) in [6, 6.07) is 13.9. The Balaban J connectivity index is 0.000000280. The molecule has 4 aliphatic rings. The number of nitrogens with one attached hydrogen (secondary N) is 4. The number of ether oxygens (including phenoxy) is 3. The fourth-order valence-corrected chi connectivity index (χ4v) is 11.1. The smallest absolute Gasteiger partial charge is 0.413 e. The van der Waals surface area contributed by atoms with Crippen molar-refractivity contribution in [2.45, 2.75) is 197 Å². The average molecular weight is 1380 g/mol. The van der Waals surface area contributed by atoms with Gasteiger partial charge < -0.3 is 25.3 Å². The van der Waals surface area contributed by atoms with Gasteiger partial charge in [-0.3, -0.25) is 30.9 Å². The molecule has 23 nitrogen and oxygen atoms in total.